The van der Waals surface area contributed by atoms with Crippen LogP contribution in [0.15, 0.2) is 22.7 Å². The van der Waals surface area contributed by atoms with Crippen LogP contribution in [-0.2, 0) is 11.2 Å². The second kappa shape index (κ2) is 6.01. The van der Waals surface area contributed by atoms with Crippen molar-refractivity contribution in [3.8, 4) is 0 Å². The zero-order valence-corrected chi connectivity index (χ0v) is 11.8. The Labute approximate surface area is 113 Å². The first-order valence-corrected chi connectivity index (χ1v) is 7.59. The Morgan fingerprint density at radius 3 is 3.00 bits per heavy atom. The highest BCUT2D eigenvalue weighted by Crippen LogP contribution is 2.28. The van der Waals surface area contributed by atoms with Gasteiger partial charge in [0, 0.05) is 10.9 Å². The number of thioether (sulfide) groups is 1. The molecule has 1 heterocycles. The SMILES string of the molecule is O=C(Cc1cc(F)ccc1Br)C1CCCCS1. The van der Waals surface area contributed by atoms with Gasteiger partial charge in [-0.25, -0.2) is 4.39 Å². The normalized spacial score (nSPS) is 20.2. The van der Waals surface area contributed by atoms with Crippen LogP contribution in [0.4, 0.5) is 4.39 Å². The molecule has 1 unspecified atom stereocenters. The monoisotopic (exact) mass is 316 g/mol. The lowest BCUT2D eigenvalue weighted by Gasteiger charge is -2.20. The molecule has 0 bridgehead atoms. The number of halogens is 2. The number of Topliss-reactive ketones (excluding diaryl/α,β-unsaturated/α-hetero) is 1. The highest BCUT2D eigenvalue weighted by molar-refractivity contribution is 9.10. The van der Waals surface area contributed by atoms with E-state index in [0.717, 1.165) is 28.6 Å². The second-order valence-corrected chi connectivity index (χ2v) is 6.40. The lowest BCUT2D eigenvalue weighted by molar-refractivity contribution is -0.118. The fourth-order valence-electron chi connectivity index (χ4n) is 1.97. The van der Waals surface area contributed by atoms with Gasteiger partial charge in [-0.3, -0.25) is 4.79 Å². The molecule has 2 rings (SSSR count). The predicted octanol–water partition coefficient (Wildman–Crippen LogP) is 3.99. The topological polar surface area (TPSA) is 17.1 Å². The van der Waals surface area contributed by atoms with Crippen LogP contribution >= 0.6 is 27.7 Å². The van der Waals surface area contributed by atoms with Crippen molar-refractivity contribution in [2.45, 2.75) is 30.9 Å². The van der Waals surface area contributed by atoms with Crippen molar-refractivity contribution in [2.24, 2.45) is 0 Å². The molecular weight excluding hydrogens is 303 g/mol. The maximum absolute atomic E-state index is 13.1. The molecule has 0 saturated carbocycles. The van der Waals surface area contributed by atoms with E-state index in [0.29, 0.717) is 6.42 Å². The molecule has 17 heavy (non-hydrogen) atoms. The average Bonchev–Trinajstić information content (AvgIpc) is 2.35. The molecule has 1 saturated heterocycles. The van der Waals surface area contributed by atoms with Gasteiger partial charge in [-0.15, -0.1) is 0 Å². The first-order valence-electron chi connectivity index (χ1n) is 5.75. The predicted molar refractivity (Wildman–Crippen MR) is 72.9 cm³/mol. The summed E-state index contributed by atoms with van der Waals surface area (Å²) in [4.78, 5) is 12.1. The van der Waals surface area contributed by atoms with E-state index in [1.165, 1.54) is 18.6 Å². The lowest BCUT2D eigenvalue weighted by atomic mass is 10.0. The van der Waals surface area contributed by atoms with Gasteiger partial charge in [-0.2, -0.15) is 11.8 Å². The molecule has 1 aliphatic rings. The Balaban J connectivity index is 2.04. The molecule has 0 aromatic heterocycles. The average molecular weight is 317 g/mol. The van der Waals surface area contributed by atoms with Gasteiger partial charge in [0.05, 0.1) is 5.25 Å². The quantitative estimate of drug-likeness (QED) is 0.839. The van der Waals surface area contributed by atoms with Crippen molar-refractivity contribution < 1.29 is 9.18 Å². The van der Waals surface area contributed by atoms with E-state index in [4.69, 9.17) is 0 Å². The van der Waals surface area contributed by atoms with E-state index in [-0.39, 0.29) is 16.9 Å². The molecule has 0 amide bonds. The van der Waals surface area contributed by atoms with Crippen LogP contribution < -0.4 is 0 Å². The Kier molecular flexibility index (Phi) is 4.62. The molecule has 1 fully saturated rings. The molecule has 1 atom stereocenters. The van der Waals surface area contributed by atoms with E-state index in [1.54, 1.807) is 17.8 Å². The van der Waals surface area contributed by atoms with Crippen LogP contribution in [0.5, 0.6) is 0 Å². The molecule has 1 nitrogen and oxygen atoms in total. The van der Waals surface area contributed by atoms with E-state index >= 15 is 0 Å². The van der Waals surface area contributed by atoms with Gasteiger partial charge in [-0.1, -0.05) is 22.4 Å². The van der Waals surface area contributed by atoms with Crippen LogP contribution in [-0.4, -0.2) is 16.8 Å². The van der Waals surface area contributed by atoms with E-state index in [2.05, 4.69) is 15.9 Å². The molecule has 0 spiro atoms. The maximum Gasteiger partial charge on any atom is 0.150 e. The lowest BCUT2D eigenvalue weighted by Crippen LogP contribution is -2.22. The molecular formula is C13H14BrFOS. The van der Waals surface area contributed by atoms with Crippen molar-refractivity contribution in [1.82, 2.24) is 0 Å². The van der Waals surface area contributed by atoms with Gasteiger partial charge >= 0.3 is 0 Å². The summed E-state index contributed by atoms with van der Waals surface area (Å²) in [6, 6.07) is 4.49. The Bertz CT molecular complexity index is 416. The number of rotatable bonds is 3. The number of hydrogen-bond acceptors (Lipinski definition) is 2. The molecule has 92 valence electrons. The summed E-state index contributed by atoms with van der Waals surface area (Å²) in [5, 5.41) is 0.110. The smallest absolute Gasteiger partial charge is 0.150 e. The molecule has 1 aliphatic heterocycles. The van der Waals surface area contributed by atoms with Gasteiger partial charge < -0.3 is 0 Å². The summed E-state index contributed by atoms with van der Waals surface area (Å²) < 4.78 is 13.9. The van der Waals surface area contributed by atoms with Crippen molar-refractivity contribution in [3.05, 3.63) is 34.1 Å². The van der Waals surface area contributed by atoms with Gasteiger partial charge in [0.15, 0.2) is 0 Å². The standard InChI is InChI=1S/C13H14BrFOS/c14-11-5-4-10(15)7-9(11)8-12(16)13-3-1-2-6-17-13/h4-5,7,13H,1-3,6,8H2. The van der Waals surface area contributed by atoms with Gasteiger partial charge in [0.1, 0.15) is 11.6 Å². The van der Waals surface area contributed by atoms with E-state index in [9.17, 15) is 9.18 Å². The van der Waals surface area contributed by atoms with Crippen molar-refractivity contribution in [2.75, 3.05) is 5.75 Å². The van der Waals surface area contributed by atoms with Crippen molar-refractivity contribution >= 4 is 33.5 Å². The minimum atomic E-state index is -0.285. The third-order valence-electron chi connectivity index (χ3n) is 2.91. The molecule has 1 aromatic rings. The zero-order chi connectivity index (χ0) is 12.3. The Morgan fingerprint density at radius 1 is 1.47 bits per heavy atom. The highest BCUT2D eigenvalue weighted by atomic mass is 79.9. The summed E-state index contributed by atoms with van der Waals surface area (Å²) in [5.41, 5.74) is 0.751. The zero-order valence-electron chi connectivity index (χ0n) is 9.42. The third kappa shape index (κ3) is 3.55. The van der Waals surface area contributed by atoms with Crippen LogP contribution in [0.1, 0.15) is 24.8 Å². The first-order chi connectivity index (χ1) is 8.16. The minimum Gasteiger partial charge on any atom is -0.298 e. The van der Waals surface area contributed by atoms with Gasteiger partial charge in [0.25, 0.3) is 0 Å². The van der Waals surface area contributed by atoms with Gasteiger partial charge in [-0.05, 0) is 42.4 Å². The van der Waals surface area contributed by atoms with Crippen LogP contribution in [0, 0.1) is 5.82 Å². The largest absolute Gasteiger partial charge is 0.298 e. The molecule has 1 aromatic carbocycles. The van der Waals surface area contributed by atoms with Crippen molar-refractivity contribution in [1.29, 1.82) is 0 Å². The highest BCUT2D eigenvalue weighted by Gasteiger charge is 2.22. The fraction of sp³-hybridized carbons (Fsp3) is 0.462. The number of ketones is 1. The summed E-state index contributed by atoms with van der Waals surface area (Å²) in [6.07, 6.45) is 3.64. The molecule has 0 radical (unpaired) electrons. The van der Waals surface area contributed by atoms with E-state index < -0.39 is 0 Å². The second-order valence-electron chi connectivity index (χ2n) is 4.23. The number of carbonyl (C=O) groups excluding carboxylic acids is 1. The fourth-order valence-corrected chi connectivity index (χ4v) is 3.62. The number of benzene rings is 1. The maximum atomic E-state index is 13.1. The van der Waals surface area contributed by atoms with E-state index in [1.807, 2.05) is 0 Å². The summed E-state index contributed by atoms with van der Waals surface area (Å²) in [6.45, 7) is 0. The van der Waals surface area contributed by atoms with Crippen LogP contribution in [0.3, 0.4) is 0 Å². The van der Waals surface area contributed by atoms with Crippen molar-refractivity contribution in [3.63, 3.8) is 0 Å². The summed E-state index contributed by atoms with van der Waals surface area (Å²) in [7, 11) is 0. The van der Waals surface area contributed by atoms with Crippen LogP contribution in [0.2, 0.25) is 0 Å². The van der Waals surface area contributed by atoms with Gasteiger partial charge in [0.2, 0.25) is 0 Å². The summed E-state index contributed by atoms with van der Waals surface area (Å²) in [5.74, 6) is 1.01. The molecule has 0 N–H and O–H groups in total. The number of carbonyl (C=O) groups is 1. The Hall–Kier alpha value is -0.350. The summed E-state index contributed by atoms with van der Waals surface area (Å²) >= 11 is 5.10. The number of hydrogen-bond donors (Lipinski definition) is 0. The molecule has 4 heteroatoms. The molecule has 0 aliphatic carbocycles. The minimum absolute atomic E-state index is 0.110. The third-order valence-corrected chi connectivity index (χ3v) is 5.11. The van der Waals surface area contributed by atoms with Crippen LogP contribution in [0.25, 0.3) is 0 Å². The first kappa shape index (κ1) is 13.1. The Morgan fingerprint density at radius 2 is 2.29 bits per heavy atom.